The van der Waals surface area contributed by atoms with Crippen LogP contribution in [0.2, 0.25) is 10.0 Å². The SMILES string of the molecule is COc1ccc(NCc2cc(OC)c(OCc3ccccc3Cl)cc2Cl)cc1. The molecule has 0 aliphatic rings. The van der Waals surface area contributed by atoms with Crippen molar-refractivity contribution in [1.29, 1.82) is 0 Å². The van der Waals surface area contributed by atoms with Gasteiger partial charge in [0.15, 0.2) is 11.5 Å². The maximum absolute atomic E-state index is 6.46. The van der Waals surface area contributed by atoms with Crippen molar-refractivity contribution in [1.82, 2.24) is 0 Å². The van der Waals surface area contributed by atoms with Gasteiger partial charge in [-0.15, -0.1) is 0 Å². The molecular formula is C22H21Cl2NO3. The van der Waals surface area contributed by atoms with Crippen LogP contribution >= 0.6 is 23.2 Å². The van der Waals surface area contributed by atoms with Crippen LogP contribution in [0, 0.1) is 0 Å². The predicted octanol–water partition coefficient (Wildman–Crippen LogP) is 6.20. The van der Waals surface area contributed by atoms with Crippen LogP contribution in [0.25, 0.3) is 0 Å². The number of anilines is 1. The molecule has 0 radical (unpaired) electrons. The lowest BCUT2D eigenvalue weighted by molar-refractivity contribution is 0.284. The van der Waals surface area contributed by atoms with Crippen molar-refractivity contribution in [2.24, 2.45) is 0 Å². The van der Waals surface area contributed by atoms with Gasteiger partial charge in [-0.25, -0.2) is 0 Å². The molecular weight excluding hydrogens is 397 g/mol. The summed E-state index contributed by atoms with van der Waals surface area (Å²) in [6.45, 7) is 0.877. The number of hydrogen-bond donors (Lipinski definition) is 1. The smallest absolute Gasteiger partial charge is 0.163 e. The van der Waals surface area contributed by atoms with Crippen LogP contribution in [0.3, 0.4) is 0 Å². The molecule has 3 rings (SSSR count). The monoisotopic (exact) mass is 417 g/mol. The van der Waals surface area contributed by atoms with E-state index in [-0.39, 0.29) is 0 Å². The van der Waals surface area contributed by atoms with Gasteiger partial charge in [0.2, 0.25) is 0 Å². The minimum atomic E-state index is 0.329. The van der Waals surface area contributed by atoms with Crippen LogP contribution in [0.5, 0.6) is 17.2 Å². The molecule has 0 aromatic heterocycles. The summed E-state index contributed by atoms with van der Waals surface area (Å²) in [4.78, 5) is 0. The number of methoxy groups -OCH3 is 2. The lowest BCUT2D eigenvalue weighted by Gasteiger charge is -2.15. The highest BCUT2D eigenvalue weighted by molar-refractivity contribution is 6.31. The van der Waals surface area contributed by atoms with Crippen molar-refractivity contribution in [3.05, 3.63) is 81.8 Å². The van der Waals surface area contributed by atoms with Gasteiger partial charge < -0.3 is 19.5 Å². The second-order valence-corrected chi connectivity index (χ2v) is 6.87. The average Bonchev–Trinajstić information content (AvgIpc) is 2.72. The first-order valence-electron chi connectivity index (χ1n) is 8.71. The van der Waals surface area contributed by atoms with Gasteiger partial charge in [0, 0.05) is 33.9 Å². The fourth-order valence-corrected chi connectivity index (χ4v) is 3.07. The van der Waals surface area contributed by atoms with Crippen molar-refractivity contribution in [3.63, 3.8) is 0 Å². The summed E-state index contributed by atoms with van der Waals surface area (Å²) in [6.07, 6.45) is 0. The minimum Gasteiger partial charge on any atom is -0.497 e. The molecule has 0 amide bonds. The molecule has 6 heteroatoms. The maximum atomic E-state index is 6.46. The summed E-state index contributed by atoms with van der Waals surface area (Å²) in [6, 6.07) is 18.9. The predicted molar refractivity (Wildman–Crippen MR) is 114 cm³/mol. The molecule has 0 fully saturated rings. The van der Waals surface area contributed by atoms with Crippen molar-refractivity contribution in [2.45, 2.75) is 13.2 Å². The van der Waals surface area contributed by atoms with Crippen molar-refractivity contribution in [2.75, 3.05) is 19.5 Å². The highest BCUT2D eigenvalue weighted by atomic mass is 35.5. The van der Waals surface area contributed by atoms with E-state index in [1.54, 1.807) is 20.3 Å². The fourth-order valence-electron chi connectivity index (χ4n) is 2.66. The van der Waals surface area contributed by atoms with Gasteiger partial charge in [-0.3, -0.25) is 0 Å². The Kier molecular flexibility index (Phi) is 6.90. The average molecular weight is 418 g/mol. The standard InChI is InChI=1S/C22H21Cl2NO3/c1-26-18-9-7-17(8-10-18)25-13-16-11-21(27-2)22(12-20(16)24)28-14-15-5-3-4-6-19(15)23/h3-12,25H,13-14H2,1-2H3. The molecule has 0 spiro atoms. The number of benzene rings is 3. The van der Waals surface area contributed by atoms with Crippen LogP contribution in [-0.2, 0) is 13.2 Å². The van der Waals surface area contributed by atoms with E-state index in [1.165, 1.54) is 0 Å². The second kappa shape index (κ2) is 9.58. The molecule has 4 nitrogen and oxygen atoms in total. The second-order valence-electron chi connectivity index (χ2n) is 6.06. The maximum Gasteiger partial charge on any atom is 0.163 e. The van der Waals surface area contributed by atoms with E-state index < -0.39 is 0 Å². The first-order valence-corrected chi connectivity index (χ1v) is 9.47. The van der Waals surface area contributed by atoms with Crippen LogP contribution in [0.15, 0.2) is 60.7 Å². The van der Waals surface area contributed by atoms with Gasteiger partial charge in [0.1, 0.15) is 12.4 Å². The zero-order chi connectivity index (χ0) is 19.9. The van der Waals surface area contributed by atoms with Crippen LogP contribution in [0.4, 0.5) is 5.69 Å². The van der Waals surface area contributed by atoms with E-state index in [9.17, 15) is 0 Å². The van der Waals surface area contributed by atoms with Crippen molar-refractivity contribution >= 4 is 28.9 Å². The Morgan fingerprint density at radius 1 is 0.786 bits per heavy atom. The molecule has 0 bridgehead atoms. The van der Waals surface area contributed by atoms with Gasteiger partial charge in [0.05, 0.1) is 14.2 Å². The van der Waals surface area contributed by atoms with Gasteiger partial charge >= 0.3 is 0 Å². The number of halogens is 2. The highest BCUT2D eigenvalue weighted by Crippen LogP contribution is 2.34. The molecule has 1 N–H and O–H groups in total. The van der Waals surface area contributed by atoms with Crippen LogP contribution in [0.1, 0.15) is 11.1 Å². The number of ether oxygens (including phenoxy) is 3. The largest absolute Gasteiger partial charge is 0.497 e. The molecule has 0 saturated heterocycles. The fraction of sp³-hybridized carbons (Fsp3) is 0.182. The Balaban J connectivity index is 1.70. The summed E-state index contributed by atoms with van der Waals surface area (Å²) in [5.41, 5.74) is 2.77. The summed E-state index contributed by atoms with van der Waals surface area (Å²) in [5, 5.41) is 4.59. The Morgan fingerprint density at radius 2 is 1.54 bits per heavy atom. The molecule has 146 valence electrons. The summed E-state index contributed by atoms with van der Waals surface area (Å²) in [5.74, 6) is 1.99. The molecule has 0 atom stereocenters. The zero-order valence-corrected chi connectivity index (χ0v) is 17.2. The van der Waals surface area contributed by atoms with E-state index in [0.717, 1.165) is 22.6 Å². The topological polar surface area (TPSA) is 39.7 Å². The van der Waals surface area contributed by atoms with E-state index in [4.69, 9.17) is 37.4 Å². The molecule has 3 aromatic carbocycles. The summed E-state index contributed by atoms with van der Waals surface area (Å²) in [7, 11) is 3.25. The Labute approximate surface area is 175 Å². The van der Waals surface area contributed by atoms with Gasteiger partial charge in [-0.05, 0) is 42.0 Å². The molecule has 0 aliphatic heterocycles. The number of rotatable bonds is 8. The quantitative estimate of drug-likeness (QED) is 0.473. The first kappa shape index (κ1) is 20.2. The summed E-state index contributed by atoms with van der Waals surface area (Å²) >= 11 is 12.6. The molecule has 0 aliphatic carbocycles. The first-order chi connectivity index (χ1) is 13.6. The lowest BCUT2D eigenvalue weighted by atomic mass is 10.2. The van der Waals surface area contributed by atoms with Crippen LogP contribution in [-0.4, -0.2) is 14.2 Å². The lowest BCUT2D eigenvalue weighted by Crippen LogP contribution is -2.03. The van der Waals surface area contributed by atoms with E-state index >= 15 is 0 Å². The molecule has 0 unspecified atom stereocenters. The Bertz CT molecular complexity index is 930. The normalized spacial score (nSPS) is 10.4. The zero-order valence-electron chi connectivity index (χ0n) is 15.7. The highest BCUT2D eigenvalue weighted by Gasteiger charge is 2.12. The molecule has 0 heterocycles. The molecule has 3 aromatic rings. The van der Waals surface area contributed by atoms with Crippen molar-refractivity contribution in [3.8, 4) is 17.2 Å². The van der Waals surface area contributed by atoms with E-state index in [2.05, 4.69) is 5.32 Å². The van der Waals surface area contributed by atoms with Gasteiger partial charge in [-0.1, -0.05) is 41.4 Å². The Hall–Kier alpha value is -2.56. The van der Waals surface area contributed by atoms with Crippen LogP contribution < -0.4 is 19.5 Å². The molecule has 0 saturated carbocycles. The Morgan fingerprint density at radius 3 is 2.21 bits per heavy atom. The number of nitrogens with one attached hydrogen (secondary N) is 1. The summed E-state index contributed by atoms with van der Waals surface area (Å²) < 4.78 is 16.5. The molecule has 28 heavy (non-hydrogen) atoms. The van der Waals surface area contributed by atoms with E-state index in [1.807, 2.05) is 54.6 Å². The third kappa shape index (κ3) is 5.03. The van der Waals surface area contributed by atoms with E-state index in [0.29, 0.717) is 34.7 Å². The number of hydrogen-bond acceptors (Lipinski definition) is 4. The van der Waals surface area contributed by atoms with Gasteiger partial charge in [0.25, 0.3) is 0 Å². The third-order valence-electron chi connectivity index (χ3n) is 4.25. The minimum absolute atomic E-state index is 0.329. The van der Waals surface area contributed by atoms with Crippen molar-refractivity contribution < 1.29 is 14.2 Å². The third-order valence-corrected chi connectivity index (χ3v) is 4.97. The van der Waals surface area contributed by atoms with Gasteiger partial charge in [-0.2, -0.15) is 0 Å².